The maximum absolute atomic E-state index is 12.7. The van der Waals surface area contributed by atoms with Crippen molar-refractivity contribution in [1.29, 1.82) is 0 Å². The highest BCUT2D eigenvalue weighted by Crippen LogP contribution is 2.34. The van der Waals surface area contributed by atoms with E-state index in [2.05, 4.69) is 32.2 Å². The van der Waals surface area contributed by atoms with Crippen molar-refractivity contribution in [3.8, 4) is 0 Å². The third kappa shape index (κ3) is 2.92. The van der Waals surface area contributed by atoms with Gasteiger partial charge in [-0.05, 0) is 48.3 Å². The van der Waals surface area contributed by atoms with Crippen LogP contribution in [0.4, 0.5) is 5.69 Å². The van der Waals surface area contributed by atoms with Gasteiger partial charge in [0.05, 0.1) is 0 Å². The summed E-state index contributed by atoms with van der Waals surface area (Å²) in [5, 5.41) is 3.35. The predicted molar refractivity (Wildman–Crippen MR) is 86.7 cm³/mol. The van der Waals surface area contributed by atoms with Gasteiger partial charge in [-0.1, -0.05) is 26.8 Å². The van der Waals surface area contributed by atoms with Crippen molar-refractivity contribution in [3.63, 3.8) is 0 Å². The zero-order valence-electron chi connectivity index (χ0n) is 13.4. The fourth-order valence-electron chi connectivity index (χ4n) is 3.56. The minimum absolute atomic E-state index is 0.193. The molecule has 0 aromatic heterocycles. The van der Waals surface area contributed by atoms with Crippen LogP contribution in [0.2, 0.25) is 0 Å². The van der Waals surface area contributed by atoms with Gasteiger partial charge in [0.25, 0.3) is 5.91 Å². The molecule has 0 atom stereocenters. The number of amides is 1. The topological polar surface area (TPSA) is 32.3 Å². The van der Waals surface area contributed by atoms with Crippen molar-refractivity contribution in [2.24, 2.45) is 11.3 Å². The summed E-state index contributed by atoms with van der Waals surface area (Å²) in [6, 6.07) is 6.12. The number of likely N-dealkylation sites (tertiary alicyclic amines) is 1. The molecule has 3 nitrogen and oxygen atoms in total. The summed E-state index contributed by atoms with van der Waals surface area (Å²) in [4.78, 5) is 14.7. The first-order chi connectivity index (χ1) is 9.95. The molecule has 1 saturated heterocycles. The average molecular weight is 286 g/mol. The third-order valence-electron chi connectivity index (χ3n) is 5.07. The Morgan fingerprint density at radius 3 is 2.62 bits per heavy atom. The lowest BCUT2D eigenvalue weighted by Crippen LogP contribution is -2.41. The largest absolute Gasteiger partial charge is 0.384 e. The van der Waals surface area contributed by atoms with Crippen molar-refractivity contribution in [2.75, 3.05) is 25.0 Å². The fraction of sp³-hybridized carbons (Fsp3) is 0.611. The van der Waals surface area contributed by atoms with Crippen LogP contribution < -0.4 is 5.32 Å². The van der Waals surface area contributed by atoms with Crippen molar-refractivity contribution in [2.45, 2.75) is 40.0 Å². The monoisotopic (exact) mass is 286 g/mol. The number of carbonyl (C=O) groups excluding carboxylic acids is 1. The van der Waals surface area contributed by atoms with Crippen LogP contribution in [0.3, 0.4) is 0 Å². The molecular weight excluding hydrogens is 260 g/mol. The average Bonchev–Trinajstić information content (AvgIpc) is 2.93. The van der Waals surface area contributed by atoms with E-state index in [4.69, 9.17) is 0 Å². The van der Waals surface area contributed by atoms with Crippen molar-refractivity contribution in [3.05, 3.63) is 29.3 Å². The number of nitrogens with one attached hydrogen (secondary N) is 1. The lowest BCUT2D eigenvalue weighted by molar-refractivity contribution is 0.0609. The molecule has 1 fully saturated rings. The molecule has 0 unspecified atom stereocenters. The zero-order chi connectivity index (χ0) is 15.0. The van der Waals surface area contributed by atoms with E-state index < -0.39 is 0 Å². The normalized spacial score (nSPS) is 19.3. The van der Waals surface area contributed by atoms with Gasteiger partial charge in [-0.2, -0.15) is 0 Å². The maximum Gasteiger partial charge on any atom is 0.253 e. The van der Waals surface area contributed by atoms with Gasteiger partial charge in [-0.3, -0.25) is 4.79 Å². The number of carbonyl (C=O) groups is 1. The SMILES string of the molecule is CC(C)(C)C1CCN(C(=O)c2ccc3c(c2)NCC3)CC1. The number of hydrogen-bond donors (Lipinski definition) is 1. The van der Waals surface area contributed by atoms with Crippen LogP contribution in [0.1, 0.15) is 49.5 Å². The van der Waals surface area contributed by atoms with Crippen LogP contribution in [0.15, 0.2) is 18.2 Å². The van der Waals surface area contributed by atoms with E-state index in [1.54, 1.807) is 0 Å². The third-order valence-corrected chi connectivity index (χ3v) is 5.07. The smallest absolute Gasteiger partial charge is 0.253 e. The lowest BCUT2D eigenvalue weighted by atomic mass is 9.75. The summed E-state index contributed by atoms with van der Waals surface area (Å²) in [6.07, 6.45) is 3.32. The van der Waals surface area contributed by atoms with Crippen LogP contribution in [-0.4, -0.2) is 30.4 Å². The Morgan fingerprint density at radius 1 is 1.24 bits per heavy atom. The lowest BCUT2D eigenvalue weighted by Gasteiger charge is -2.38. The molecule has 2 aliphatic rings. The number of benzene rings is 1. The second kappa shape index (κ2) is 5.36. The molecular formula is C18H26N2O. The van der Waals surface area contributed by atoms with E-state index in [9.17, 15) is 4.79 Å². The number of piperidine rings is 1. The first-order valence-corrected chi connectivity index (χ1v) is 8.11. The summed E-state index contributed by atoms with van der Waals surface area (Å²) in [5.74, 6) is 0.919. The Kier molecular flexibility index (Phi) is 3.68. The Bertz CT molecular complexity index is 537. The minimum atomic E-state index is 0.193. The molecule has 3 rings (SSSR count). The highest BCUT2D eigenvalue weighted by Gasteiger charge is 2.30. The minimum Gasteiger partial charge on any atom is -0.384 e. The standard InChI is InChI=1S/C18H26N2O/c1-18(2,3)15-7-10-20(11-8-15)17(21)14-5-4-13-6-9-19-16(13)12-14/h4-5,12,15,19H,6-11H2,1-3H3. The molecule has 0 spiro atoms. The van der Waals surface area contributed by atoms with Gasteiger partial charge in [-0.15, -0.1) is 0 Å². The first-order valence-electron chi connectivity index (χ1n) is 8.11. The molecule has 0 aliphatic carbocycles. The van der Waals surface area contributed by atoms with Crippen molar-refractivity contribution >= 4 is 11.6 Å². The second-order valence-electron chi connectivity index (χ2n) is 7.48. The van der Waals surface area contributed by atoms with Crippen molar-refractivity contribution < 1.29 is 4.79 Å². The van der Waals surface area contributed by atoms with Crippen LogP contribution in [0.25, 0.3) is 0 Å². The van der Waals surface area contributed by atoms with Gasteiger partial charge in [0, 0.05) is 30.9 Å². The number of hydrogen-bond acceptors (Lipinski definition) is 2. The van der Waals surface area contributed by atoms with Gasteiger partial charge in [-0.25, -0.2) is 0 Å². The highest BCUT2D eigenvalue weighted by molar-refractivity contribution is 5.95. The Morgan fingerprint density at radius 2 is 1.95 bits per heavy atom. The van der Waals surface area contributed by atoms with E-state index in [0.717, 1.165) is 56.1 Å². The Balaban J connectivity index is 1.67. The molecule has 1 aromatic rings. The van der Waals surface area contributed by atoms with E-state index in [-0.39, 0.29) is 5.91 Å². The number of fused-ring (bicyclic) bond motifs is 1. The van der Waals surface area contributed by atoms with E-state index >= 15 is 0 Å². The van der Waals surface area contributed by atoms with Crippen molar-refractivity contribution in [1.82, 2.24) is 4.90 Å². The molecule has 1 N–H and O–H groups in total. The highest BCUT2D eigenvalue weighted by atomic mass is 16.2. The molecule has 1 amide bonds. The molecule has 2 aliphatic heterocycles. The quantitative estimate of drug-likeness (QED) is 0.856. The summed E-state index contributed by atoms with van der Waals surface area (Å²) in [5.41, 5.74) is 3.66. The maximum atomic E-state index is 12.7. The molecule has 0 bridgehead atoms. The van der Waals surface area contributed by atoms with Crippen LogP contribution in [0, 0.1) is 11.3 Å². The molecule has 114 valence electrons. The number of rotatable bonds is 1. The Labute approximate surface area is 127 Å². The summed E-state index contributed by atoms with van der Waals surface area (Å²) >= 11 is 0. The summed E-state index contributed by atoms with van der Waals surface area (Å²) in [7, 11) is 0. The molecule has 3 heteroatoms. The second-order valence-corrected chi connectivity index (χ2v) is 7.48. The Hall–Kier alpha value is -1.51. The molecule has 1 aromatic carbocycles. The van der Waals surface area contributed by atoms with Crippen LogP contribution in [-0.2, 0) is 6.42 Å². The van der Waals surface area contributed by atoms with Gasteiger partial charge in [0.2, 0.25) is 0 Å². The predicted octanol–water partition coefficient (Wildman–Crippen LogP) is 3.55. The summed E-state index contributed by atoms with van der Waals surface area (Å²) in [6.45, 7) is 9.70. The van der Waals surface area contributed by atoms with Crippen LogP contribution >= 0.6 is 0 Å². The van der Waals surface area contributed by atoms with Gasteiger partial charge >= 0.3 is 0 Å². The van der Waals surface area contributed by atoms with E-state index in [1.807, 2.05) is 17.0 Å². The number of nitrogens with zero attached hydrogens (tertiary/aromatic N) is 1. The van der Waals surface area contributed by atoms with Gasteiger partial charge < -0.3 is 10.2 Å². The summed E-state index contributed by atoms with van der Waals surface area (Å²) < 4.78 is 0. The molecule has 0 saturated carbocycles. The zero-order valence-corrected chi connectivity index (χ0v) is 13.4. The number of anilines is 1. The van der Waals surface area contributed by atoms with Crippen LogP contribution in [0.5, 0.6) is 0 Å². The van der Waals surface area contributed by atoms with Gasteiger partial charge in [0.1, 0.15) is 0 Å². The van der Waals surface area contributed by atoms with E-state index in [1.165, 1.54) is 5.56 Å². The fourth-order valence-corrected chi connectivity index (χ4v) is 3.56. The van der Waals surface area contributed by atoms with Gasteiger partial charge in [0.15, 0.2) is 0 Å². The first kappa shape index (κ1) is 14.4. The molecule has 0 radical (unpaired) electrons. The molecule has 2 heterocycles. The molecule has 21 heavy (non-hydrogen) atoms. The van der Waals surface area contributed by atoms with E-state index in [0.29, 0.717) is 5.41 Å².